The number of imidazole rings is 1. The molecule has 0 aromatic carbocycles. The Morgan fingerprint density at radius 3 is 3.07 bits per heavy atom. The van der Waals surface area contributed by atoms with Gasteiger partial charge in [0.15, 0.2) is 17.6 Å². The molecular formula is C8H8N4O2. The number of aryl methyl sites for hydroxylation is 1. The zero-order chi connectivity index (χ0) is 10.1. The van der Waals surface area contributed by atoms with Crippen molar-refractivity contribution < 1.29 is 4.79 Å². The van der Waals surface area contributed by atoms with Crippen molar-refractivity contribution in [1.82, 2.24) is 19.6 Å². The minimum atomic E-state index is -0.280. The second-order valence-corrected chi connectivity index (χ2v) is 2.77. The van der Waals surface area contributed by atoms with E-state index < -0.39 is 0 Å². The van der Waals surface area contributed by atoms with E-state index in [2.05, 4.69) is 15.1 Å². The highest BCUT2D eigenvalue weighted by atomic mass is 16.1. The van der Waals surface area contributed by atoms with E-state index in [9.17, 15) is 9.59 Å². The van der Waals surface area contributed by atoms with Crippen LogP contribution < -0.4 is 5.56 Å². The summed E-state index contributed by atoms with van der Waals surface area (Å²) < 4.78 is 1.25. The van der Waals surface area contributed by atoms with E-state index in [0.29, 0.717) is 23.9 Å². The molecule has 14 heavy (non-hydrogen) atoms. The molecule has 0 aliphatic rings. The van der Waals surface area contributed by atoms with Gasteiger partial charge in [0.25, 0.3) is 5.56 Å². The quantitative estimate of drug-likeness (QED) is 0.668. The van der Waals surface area contributed by atoms with Crippen LogP contribution >= 0.6 is 0 Å². The second-order valence-electron chi connectivity index (χ2n) is 2.77. The average Bonchev–Trinajstić information content (AvgIpc) is 2.57. The molecule has 2 rings (SSSR count). The summed E-state index contributed by atoms with van der Waals surface area (Å²) in [4.78, 5) is 28.5. The van der Waals surface area contributed by atoms with Gasteiger partial charge < -0.3 is 4.98 Å². The van der Waals surface area contributed by atoms with Crippen LogP contribution in [0.4, 0.5) is 0 Å². The average molecular weight is 192 g/mol. The first-order valence-electron chi connectivity index (χ1n) is 4.18. The minimum absolute atomic E-state index is 0.156. The summed E-state index contributed by atoms with van der Waals surface area (Å²) in [6, 6.07) is 0. The minimum Gasteiger partial charge on any atom is -0.310 e. The van der Waals surface area contributed by atoms with E-state index in [1.165, 1.54) is 10.8 Å². The highest BCUT2D eigenvalue weighted by Gasteiger charge is 2.12. The molecule has 0 aliphatic carbocycles. The fourth-order valence-corrected chi connectivity index (χ4v) is 1.36. The number of fused-ring (bicyclic) bond motifs is 1. The first kappa shape index (κ1) is 8.61. The largest absolute Gasteiger partial charge is 0.310 e. The smallest absolute Gasteiger partial charge is 0.277 e. The molecule has 2 heterocycles. The van der Waals surface area contributed by atoms with Crippen molar-refractivity contribution in [3.63, 3.8) is 0 Å². The topological polar surface area (TPSA) is 80.1 Å². The summed E-state index contributed by atoms with van der Waals surface area (Å²) in [7, 11) is 0. The molecule has 0 atom stereocenters. The third kappa shape index (κ3) is 1.04. The molecule has 2 aromatic rings. The van der Waals surface area contributed by atoms with E-state index in [4.69, 9.17) is 0 Å². The number of nitrogens with one attached hydrogen (secondary N) is 1. The summed E-state index contributed by atoms with van der Waals surface area (Å²) in [5, 5.41) is 3.85. The lowest BCUT2D eigenvalue weighted by Crippen LogP contribution is -2.12. The zero-order valence-electron chi connectivity index (χ0n) is 7.52. The molecule has 1 N–H and O–H groups in total. The van der Waals surface area contributed by atoms with Crippen LogP contribution in [0, 0.1) is 0 Å². The summed E-state index contributed by atoms with van der Waals surface area (Å²) in [5.74, 6) is 0.156. The number of nitrogens with zero attached hydrogens (tertiary/aromatic N) is 3. The van der Waals surface area contributed by atoms with Gasteiger partial charge in [0.1, 0.15) is 6.33 Å². The number of hydrogen-bond donors (Lipinski definition) is 1. The molecule has 0 unspecified atom stereocenters. The fraction of sp³-hybridized carbons (Fsp3) is 0.250. The van der Waals surface area contributed by atoms with Gasteiger partial charge in [-0.15, -0.1) is 0 Å². The Bertz CT molecular complexity index is 540. The van der Waals surface area contributed by atoms with Crippen molar-refractivity contribution in [3.8, 4) is 0 Å². The number of aromatic nitrogens is 4. The lowest BCUT2D eigenvalue weighted by Gasteiger charge is -1.91. The van der Waals surface area contributed by atoms with Gasteiger partial charge in [-0.25, -0.2) is 9.50 Å². The van der Waals surface area contributed by atoms with Gasteiger partial charge in [-0.1, -0.05) is 6.92 Å². The Balaban J connectivity index is 2.96. The second kappa shape index (κ2) is 3.06. The molecule has 0 saturated heterocycles. The molecule has 0 saturated carbocycles. The summed E-state index contributed by atoms with van der Waals surface area (Å²) in [6.07, 6.45) is 2.41. The van der Waals surface area contributed by atoms with E-state index in [1.807, 2.05) is 6.92 Å². The molecule has 6 heteroatoms. The number of carbonyl (C=O) groups is 1. The van der Waals surface area contributed by atoms with Crippen LogP contribution in [0.5, 0.6) is 0 Å². The molecule has 2 aromatic heterocycles. The van der Waals surface area contributed by atoms with Crippen molar-refractivity contribution in [2.45, 2.75) is 13.3 Å². The molecule has 6 nitrogen and oxygen atoms in total. The third-order valence-electron chi connectivity index (χ3n) is 1.98. The van der Waals surface area contributed by atoms with Gasteiger partial charge in [-0.2, -0.15) is 5.10 Å². The van der Waals surface area contributed by atoms with Crippen LogP contribution in [0.2, 0.25) is 0 Å². The molecule has 0 amide bonds. The summed E-state index contributed by atoms with van der Waals surface area (Å²) in [6.45, 7) is 1.86. The Labute approximate surface area is 78.6 Å². The highest BCUT2D eigenvalue weighted by Crippen LogP contribution is 2.05. The molecule has 72 valence electrons. The molecule has 0 spiro atoms. The lowest BCUT2D eigenvalue weighted by atomic mass is 10.3. The molecular weight excluding hydrogens is 184 g/mol. The SMILES string of the molecule is CCc1nc(C=O)n2nc[nH]c(=O)c12. The van der Waals surface area contributed by atoms with Crippen LogP contribution in [-0.2, 0) is 6.42 Å². The monoisotopic (exact) mass is 192 g/mol. The van der Waals surface area contributed by atoms with Gasteiger partial charge in [0.2, 0.25) is 0 Å². The Morgan fingerprint density at radius 1 is 1.64 bits per heavy atom. The summed E-state index contributed by atoms with van der Waals surface area (Å²) >= 11 is 0. The van der Waals surface area contributed by atoms with Crippen LogP contribution in [0.3, 0.4) is 0 Å². The van der Waals surface area contributed by atoms with E-state index in [0.717, 1.165) is 0 Å². The fourth-order valence-electron chi connectivity index (χ4n) is 1.36. The maximum Gasteiger partial charge on any atom is 0.277 e. The van der Waals surface area contributed by atoms with Crippen LogP contribution in [0.1, 0.15) is 23.2 Å². The predicted octanol–water partition coefficient (Wildman–Crippen LogP) is -0.207. The number of H-pyrrole nitrogens is 1. The molecule has 0 aliphatic heterocycles. The van der Waals surface area contributed by atoms with Gasteiger partial charge >= 0.3 is 0 Å². The van der Waals surface area contributed by atoms with Crippen LogP contribution in [-0.4, -0.2) is 25.9 Å². The molecule has 0 bridgehead atoms. The van der Waals surface area contributed by atoms with Gasteiger partial charge in [0, 0.05) is 0 Å². The van der Waals surface area contributed by atoms with Gasteiger partial charge in [0.05, 0.1) is 5.69 Å². The van der Waals surface area contributed by atoms with Gasteiger partial charge in [-0.05, 0) is 6.42 Å². The van der Waals surface area contributed by atoms with E-state index in [-0.39, 0.29) is 11.4 Å². The predicted molar refractivity (Wildman–Crippen MR) is 48.4 cm³/mol. The van der Waals surface area contributed by atoms with Crippen molar-refractivity contribution in [3.05, 3.63) is 28.2 Å². The first-order chi connectivity index (χ1) is 6.77. The molecule has 0 fully saturated rings. The number of rotatable bonds is 2. The van der Waals surface area contributed by atoms with E-state index in [1.54, 1.807) is 0 Å². The number of aldehydes is 1. The van der Waals surface area contributed by atoms with E-state index >= 15 is 0 Å². The highest BCUT2D eigenvalue weighted by molar-refractivity contribution is 5.72. The Kier molecular flexibility index (Phi) is 1.88. The Hall–Kier alpha value is -1.98. The van der Waals surface area contributed by atoms with Crippen molar-refractivity contribution in [2.75, 3.05) is 0 Å². The number of carbonyl (C=O) groups excluding carboxylic acids is 1. The van der Waals surface area contributed by atoms with Crippen molar-refractivity contribution in [2.24, 2.45) is 0 Å². The normalized spacial score (nSPS) is 10.6. The molecule has 0 radical (unpaired) electrons. The number of hydrogen-bond acceptors (Lipinski definition) is 4. The number of aromatic amines is 1. The zero-order valence-corrected chi connectivity index (χ0v) is 7.52. The maximum atomic E-state index is 11.4. The third-order valence-corrected chi connectivity index (χ3v) is 1.98. The van der Waals surface area contributed by atoms with Crippen molar-refractivity contribution >= 4 is 11.8 Å². The maximum absolute atomic E-state index is 11.4. The Morgan fingerprint density at radius 2 is 2.43 bits per heavy atom. The van der Waals surface area contributed by atoms with Crippen molar-refractivity contribution in [1.29, 1.82) is 0 Å². The lowest BCUT2D eigenvalue weighted by molar-refractivity contribution is 0.111. The summed E-state index contributed by atoms with van der Waals surface area (Å²) in [5.41, 5.74) is 0.649. The van der Waals surface area contributed by atoms with Crippen LogP contribution in [0.25, 0.3) is 5.52 Å². The van der Waals surface area contributed by atoms with Crippen LogP contribution in [0.15, 0.2) is 11.1 Å². The standard InChI is InChI=1S/C8H8N4O2/c1-2-5-7-8(14)9-4-10-12(7)6(3-13)11-5/h3-4H,2H2,1H3,(H,9,10,14). The van der Waals surface area contributed by atoms with Gasteiger partial charge in [-0.3, -0.25) is 9.59 Å². The first-order valence-corrected chi connectivity index (χ1v) is 4.18.